The summed E-state index contributed by atoms with van der Waals surface area (Å²) in [4.78, 5) is 31.7. The average molecular weight is 532 g/mol. The molecule has 2 aromatic carbocycles. The zero-order valence-electron chi connectivity index (χ0n) is 21.2. The van der Waals surface area contributed by atoms with Gasteiger partial charge in [0.25, 0.3) is 5.91 Å². The number of carbonyl (C=O) groups excluding carboxylic acids is 1. The van der Waals surface area contributed by atoms with Gasteiger partial charge >= 0.3 is 0 Å². The van der Waals surface area contributed by atoms with Gasteiger partial charge in [0, 0.05) is 31.0 Å². The summed E-state index contributed by atoms with van der Waals surface area (Å²) in [6.07, 6.45) is 1.42. The highest BCUT2D eigenvalue weighted by Crippen LogP contribution is 2.43. The molecule has 7 N–H and O–H groups in total. The van der Waals surface area contributed by atoms with Crippen molar-refractivity contribution < 1.29 is 19.4 Å². The van der Waals surface area contributed by atoms with Crippen molar-refractivity contribution in [3.63, 3.8) is 0 Å². The topological polar surface area (TPSA) is 186 Å². The van der Waals surface area contributed by atoms with Crippen molar-refractivity contribution in [3.05, 3.63) is 71.5 Å². The Labute approximate surface area is 224 Å². The van der Waals surface area contributed by atoms with E-state index in [1.807, 2.05) is 41.3 Å². The van der Waals surface area contributed by atoms with Crippen molar-refractivity contribution in [3.8, 4) is 11.5 Å². The largest absolute Gasteiger partial charge is 0.491 e. The van der Waals surface area contributed by atoms with Crippen molar-refractivity contribution in [1.82, 2.24) is 25.5 Å². The summed E-state index contributed by atoms with van der Waals surface area (Å²) in [7, 11) is 1.50. The lowest BCUT2D eigenvalue weighted by atomic mass is 10.1. The minimum atomic E-state index is -0.837. The number of hydrogen-bond acceptors (Lipinski definition) is 12. The predicted octanol–water partition coefficient (Wildman–Crippen LogP) is 0.548. The number of ether oxygens (including phenoxy) is 2. The summed E-state index contributed by atoms with van der Waals surface area (Å²) in [5.41, 5.74) is 14.0. The van der Waals surface area contributed by atoms with Crippen molar-refractivity contribution in [2.45, 2.75) is 12.3 Å². The first-order valence-electron chi connectivity index (χ1n) is 12.3. The number of guanidine groups is 1. The van der Waals surface area contributed by atoms with Gasteiger partial charge < -0.3 is 26.0 Å². The maximum absolute atomic E-state index is 12.8. The molecular formula is C26H29N9O4. The Kier molecular flexibility index (Phi) is 7.63. The van der Waals surface area contributed by atoms with Crippen LogP contribution in [-0.2, 0) is 0 Å². The number of nitrogen functional groups attached to an aromatic ring is 1. The number of nitrogens with zero attached hydrogens (tertiary/aromatic N) is 5. The second-order valence-corrected chi connectivity index (χ2v) is 8.83. The molecule has 13 heteroatoms. The van der Waals surface area contributed by atoms with E-state index in [4.69, 9.17) is 25.9 Å². The molecule has 0 saturated carbocycles. The van der Waals surface area contributed by atoms with Crippen LogP contribution < -0.4 is 31.6 Å². The Bertz CT molecular complexity index is 1400. The lowest BCUT2D eigenvalue weighted by molar-refractivity contribution is 0.0973. The van der Waals surface area contributed by atoms with E-state index >= 15 is 0 Å². The number of aliphatic hydroxyl groups is 1. The van der Waals surface area contributed by atoms with Gasteiger partial charge in [-0.15, -0.1) is 0 Å². The number of nitrogens with two attached hydrogens (primary N) is 2. The Morgan fingerprint density at radius 3 is 2.69 bits per heavy atom. The zero-order valence-corrected chi connectivity index (χ0v) is 21.2. The molecule has 2 aliphatic heterocycles. The summed E-state index contributed by atoms with van der Waals surface area (Å²) < 4.78 is 11.6. The van der Waals surface area contributed by atoms with Crippen LogP contribution in [0.1, 0.15) is 27.7 Å². The Hall–Kier alpha value is -4.59. The highest BCUT2D eigenvalue weighted by Gasteiger charge is 2.33. The molecule has 0 fully saturated rings. The molecule has 0 bridgehead atoms. The molecule has 0 radical (unpaired) electrons. The monoisotopic (exact) mass is 531 g/mol. The summed E-state index contributed by atoms with van der Waals surface area (Å²) in [6, 6.07) is 13.1. The minimum absolute atomic E-state index is 0.0127. The van der Waals surface area contributed by atoms with Gasteiger partial charge in [-0.1, -0.05) is 30.3 Å². The number of nitrogens with one attached hydrogen (secondary N) is 2. The molecule has 2 aliphatic rings. The lowest BCUT2D eigenvalue weighted by Crippen LogP contribution is -2.47. The summed E-state index contributed by atoms with van der Waals surface area (Å²) >= 11 is 0. The second-order valence-electron chi connectivity index (χ2n) is 8.83. The molecule has 1 aromatic heterocycles. The van der Waals surface area contributed by atoms with E-state index in [0.29, 0.717) is 36.1 Å². The summed E-state index contributed by atoms with van der Waals surface area (Å²) in [5.74, 6) is 1.31. The van der Waals surface area contributed by atoms with Crippen LogP contribution in [0.4, 0.5) is 11.6 Å². The number of benzene rings is 2. The van der Waals surface area contributed by atoms with Crippen LogP contribution in [0.3, 0.4) is 0 Å². The highest BCUT2D eigenvalue weighted by atomic mass is 16.5. The number of aliphatic hydroxyl groups excluding tert-OH is 1. The number of anilines is 1. The van der Waals surface area contributed by atoms with Crippen LogP contribution in [0.2, 0.25) is 0 Å². The normalized spacial score (nSPS) is 15.4. The van der Waals surface area contributed by atoms with Crippen LogP contribution in [0.15, 0.2) is 64.8 Å². The first kappa shape index (κ1) is 26.0. The fourth-order valence-electron chi connectivity index (χ4n) is 4.22. The molecule has 5 rings (SSSR count). The van der Waals surface area contributed by atoms with Gasteiger partial charge in [-0.25, -0.2) is 15.0 Å². The van der Waals surface area contributed by atoms with Crippen molar-refractivity contribution in [2.24, 2.45) is 15.7 Å². The molecule has 3 heterocycles. The Morgan fingerprint density at radius 2 is 1.95 bits per heavy atom. The molecule has 202 valence electrons. The van der Waals surface area contributed by atoms with Crippen LogP contribution in [0.25, 0.3) is 0 Å². The SMILES string of the molecule is COc1c(OC[C@H](O)CN[C@@H](N)c2ccccc2)ccc2c1N=C(NC(=O)c1cnc(N)nc1)N1CCN=C21. The molecular weight excluding hydrogens is 502 g/mol. The van der Waals surface area contributed by atoms with Crippen molar-refractivity contribution in [2.75, 3.05) is 39.1 Å². The third-order valence-electron chi connectivity index (χ3n) is 6.18. The fourth-order valence-corrected chi connectivity index (χ4v) is 4.22. The highest BCUT2D eigenvalue weighted by molar-refractivity contribution is 6.20. The third-order valence-corrected chi connectivity index (χ3v) is 6.18. The summed E-state index contributed by atoms with van der Waals surface area (Å²) in [5, 5.41) is 16.4. The Morgan fingerprint density at radius 1 is 1.18 bits per heavy atom. The standard InChI is InChI=1S/C26H29N9O4/c1-38-21-19(39-14-17(36)13-30-22(27)15-5-3-2-4-6-15)8-7-18-20(21)33-26(35-10-9-29-23(18)35)34-24(37)16-11-31-25(28)32-12-16/h2-8,11-12,17,22,30,36H,9-10,13-14,27H2,1H3,(H2,28,31,32)(H,33,34,37)/t17-,22-/m1/s1. The molecule has 0 spiro atoms. The molecule has 0 unspecified atom stereocenters. The quantitative estimate of drug-likeness (QED) is 0.244. The van der Waals surface area contributed by atoms with Crippen LogP contribution in [0.5, 0.6) is 11.5 Å². The van der Waals surface area contributed by atoms with Gasteiger partial charge in [0.15, 0.2) is 11.5 Å². The molecule has 2 atom stereocenters. The number of amidine groups is 1. The number of amides is 1. The maximum Gasteiger partial charge on any atom is 0.261 e. The van der Waals surface area contributed by atoms with Crippen molar-refractivity contribution in [1.29, 1.82) is 0 Å². The van der Waals surface area contributed by atoms with Crippen LogP contribution in [0, 0.1) is 0 Å². The fraction of sp³-hybridized carbons (Fsp3) is 0.269. The number of aliphatic imine (C=N–C) groups is 2. The van der Waals surface area contributed by atoms with E-state index in [1.165, 1.54) is 19.5 Å². The molecule has 13 nitrogen and oxygen atoms in total. The number of aromatic nitrogens is 2. The smallest absolute Gasteiger partial charge is 0.261 e. The van der Waals surface area contributed by atoms with Gasteiger partial charge in [-0.2, -0.15) is 0 Å². The number of fused-ring (bicyclic) bond motifs is 3. The van der Waals surface area contributed by atoms with E-state index in [9.17, 15) is 9.90 Å². The number of hydrogen-bond donors (Lipinski definition) is 5. The lowest BCUT2D eigenvalue weighted by Gasteiger charge is -2.28. The van der Waals surface area contributed by atoms with Crippen LogP contribution in [-0.4, -0.2) is 77.1 Å². The van der Waals surface area contributed by atoms with E-state index in [0.717, 1.165) is 11.1 Å². The van der Waals surface area contributed by atoms with E-state index < -0.39 is 18.2 Å². The van der Waals surface area contributed by atoms with E-state index in [1.54, 1.807) is 6.07 Å². The van der Waals surface area contributed by atoms with Gasteiger partial charge in [0.1, 0.15) is 24.2 Å². The molecule has 0 saturated heterocycles. The first-order valence-corrected chi connectivity index (χ1v) is 12.3. The molecule has 39 heavy (non-hydrogen) atoms. The molecule has 1 amide bonds. The maximum atomic E-state index is 12.8. The minimum Gasteiger partial charge on any atom is -0.491 e. The predicted molar refractivity (Wildman–Crippen MR) is 145 cm³/mol. The van der Waals surface area contributed by atoms with Gasteiger partial charge in [0.2, 0.25) is 11.9 Å². The zero-order chi connectivity index (χ0) is 27.4. The Balaban J connectivity index is 1.31. The number of carbonyl (C=O) groups is 1. The van der Waals surface area contributed by atoms with E-state index in [2.05, 4.69) is 25.6 Å². The van der Waals surface area contributed by atoms with Gasteiger partial charge in [-0.3, -0.25) is 25.3 Å². The first-order chi connectivity index (χ1) is 18.9. The van der Waals surface area contributed by atoms with E-state index in [-0.39, 0.29) is 30.6 Å². The third kappa shape index (κ3) is 5.65. The summed E-state index contributed by atoms with van der Waals surface area (Å²) in [6.45, 7) is 1.30. The van der Waals surface area contributed by atoms with Crippen LogP contribution >= 0.6 is 0 Å². The number of methoxy groups -OCH3 is 1. The molecule has 3 aromatic rings. The van der Waals surface area contributed by atoms with Gasteiger partial charge in [0.05, 0.1) is 25.4 Å². The van der Waals surface area contributed by atoms with Gasteiger partial charge in [-0.05, 0) is 17.7 Å². The second kappa shape index (κ2) is 11.4. The van der Waals surface area contributed by atoms with Crippen molar-refractivity contribution >= 4 is 29.3 Å². The average Bonchev–Trinajstić information content (AvgIpc) is 3.46. The number of rotatable bonds is 9. The molecule has 0 aliphatic carbocycles.